The van der Waals surface area contributed by atoms with E-state index in [4.69, 9.17) is 10.6 Å². The van der Waals surface area contributed by atoms with Gasteiger partial charge in [-0.15, -0.1) is 0 Å². The zero-order valence-corrected chi connectivity index (χ0v) is 15.2. The average Bonchev–Trinajstić information content (AvgIpc) is 2.75. The van der Waals surface area contributed by atoms with Gasteiger partial charge >= 0.3 is 0 Å². The molecule has 2 rings (SSSR count). The van der Waals surface area contributed by atoms with Crippen LogP contribution in [0, 0.1) is 34.9 Å². The zero-order valence-electron chi connectivity index (χ0n) is 15.2. The summed E-state index contributed by atoms with van der Waals surface area (Å²) in [4.78, 5) is 23.6. The maximum Gasteiger partial charge on any atom is 0.278 e. The molecule has 0 aliphatic rings. The summed E-state index contributed by atoms with van der Waals surface area (Å²) < 4.78 is 38.2. The molecule has 2 amide bonds. The molecular formula is C21H14F3N3O3. The summed E-state index contributed by atoms with van der Waals surface area (Å²) in [6.45, 7) is 0. The van der Waals surface area contributed by atoms with Crippen LogP contribution in [0.4, 0.5) is 13.2 Å². The number of benzene rings is 2. The van der Waals surface area contributed by atoms with Gasteiger partial charge in [0.15, 0.2) is 6.04 Å². The number of alkyl halides is 2. The van der Waals surface area contributed by atoms with Gasteiger partial charge in [0.1, 0.15) is 11.5 Å². The molecule has 30 heavy (non-hydrogen) atoms. The second-order valence-electron chi connectivity index (χ2n) is 5.72. The molecule has 2 aromatic carbocycles. The Morgan fingerprint density at radius 3 is 1.90 bits per heavy atom. The van der Waals surface area contributed by atoms with E-state index in [2.05, 4.69) is 23.7 Å². The summed E-state index contributed by atoms with van der Waals surface area (Å²) in [5, 5.41) is 17.8. The van der Waals surface area contributed by atoms with Gasteiger partial charge in [0.05, 0.1) is 0 Å². The van der Waals surface area contributed by atoms with Gasteiger partial charge in [-0.25, -0.2) is 18.7 Å². The standard InChI is InChI=1S/C21H14F3N3O3/c22-16-11-7-14(8-12-16)4-2-1-3-13-5-9-15(10-6-13)20(28)26-18(21(29)27-30)17(25)19(23)24/h5-12,18-19,25,30H,(H,26,28)(H,27,29)/t18-/m0/s1. The van der Waals surface area contributed by atoms with Gasteiger partial charge in [-0.05, 0) is 60.4 Å². The van der Waals surface area contributed by atoms with Gasteiger partial charge in [0.25, 0.3) is 18.2 Å². The normalized spacial score (nSPS) is 10.7. The number of carbonyl (C=O) groups excluding carboxylic acids is 2. The largest absolute Gasteiger partial charge is 0.335 e. The number of rotatable bonds is 5. The molecule has 0 radical (unpaired) electrons. The lowest BCUT2D eigenvalue weighted by Gasteiger charge is -2.17. The van der Waals surface area contributed by atoms with Crippen LogP contribution in [-0.4, -0.2) is 35.2 Å². The third-order valence-corrected chi connectivity index (χ3v) is 3.66. The van der Waals surface area contributed by atoms with Crippen LogP contribution in [0.2, 0.25) is 0 Å². The number of hydrogen-bond acceptors (Lipinski definition) is 4. The first kappa shape index (κ1) is 22.2. The van der Waals surface area contributed by atoms with Crippen molar-refractivity contribution in [3.05, 3.63) is 71.0 Å². The fourth-order valence-corrected chi connectivity index (χ4v) is 2.13. The highest BCUT2D eigenvalue weighted by Crippen LogP contribution is 2.06. The van der Waals surface area contributed by atoms with Gasteiger partial charge in [0.2, 0.25) is 0 Å². The van der Waals surface area contributed by atoms with E-state index in [1.54, 1.807) is 0 Å². The smallest absolute Gasteiger partial charge is 0.278 e. The lowest BCUT2D eigenvalue weighted by atomic mass is 10.1. The van der Waals surface area contributed by atoms with Crippen molar-refractivity contribution in [2.75, 3.05) is 0 Å². The number of hydrogen-bond donors (Lipinski definition) is 4. The Labute approximate surface area is 169 Å². The molecule has 2 aromatic rings. The summed E-state index contributed by atoms with van der Waals surface area (Å²) in [7, 11) is 0. The first-order valence-electron chi connectivity index (χ1n) is 8.30. The second kappa shape index (κ2) is 10.5. The molecule has 0 unspecified atom stereocenters. The van der Waals surface area contributed by atoms with Crippen LogP contribution >= 0.6 is 0 Å². The van der Waals surface area contributed by atoms with E-state index in [0.717, 1.165) is 5.48 Å². The highest BCUT2D eigenvalue weighted by Gasteiger charge is 2.30. The van der Waals surface area contributed by atoms with E-state index in [0.29, 0.717) is 11.1 Å². The summed E-state index contributed by atoms with van der Waals surface area (Å²) in [5.74, 6) is 8.03. The summed E-state index contributed by atoms with van der Waals surface area (Å²) in [5.41, 5.74) is 0.888. The first-order valence-corrected chi connectivity index (χ1v) is 8.30. The van der Waals surface area contributed by atoms with Crippen LogP contribution in [0.1, 0.15) is 21.5 Å². The minimum absolute atomic E-state index is 0.0238. The molecule has 0 aromatic heterocycles. The molecule has 152 valence electrons. The Morgan fingerprint density at radius 1 is 0.933 bits per heavy atom. The fourth-order valence-electron chi connectivity index (χ4n) is 2.13. The molecule has 1 atom stereocenters. The average molecular weight is 413 g/mol. The molecule has 0 bridgehead atoms. The number of carbonyl (C=O) groups is 2. The van der Waals surface area contributed by atoms with Gasteiger partial charge in [-0.1, -0.05) is 11.8 Å². The Bertz CT molecular complexity index is 1060. The first-order chi connectivity index (χ1) is 14.3. The molecular weight excluding hydrogens is 399 g/mol. The topological polar surface area (TPSA) is 102 Å². The summed E-state index contributed by atoms with van der Waals surface area (Å²) in [6, 6.07) is 9.17. The van der Waals surface area contributed by atoms with E-state index >= 15 is 0 Å². The van der Waals surface area contributed by atoms with Crippen LogP contribution in [0.3, 0.4) is 0 Å². The van der Waals surface area contributed by atoms with Crippen molar-refractivity contribution in [1.29, 1.82) is 5.41 Å². The summed E-state index contributed by atoms with van der Waals surface area (Å²) >= 11 is 0. The maximum absolute atomic E-state index is 12.8. The van der Waals surface area contributed by atoms with E-state index < -0.39 is 30.0 Å². The van der Waals surface area contributed by atoms with E-state index in [1.165, 1.54) is 48.5 Å². The van der Waals surface area contributed by atoms with Crippen molar-refractivity contribution in [3.63, 3.8) is 0 Å². The molecule has 4 N–H and O–H groups in total. The van der Waals surface area contributed by atoms with Crippen molar-refractivity contribution >= 4 is 17.5 Å². The van der Waals surface area contributed by atoms with E-state index in [1.807, 2.05) is 5.32 Å². The third-order valence-electron chi connectivity index (χ3n) is 3.66. The zero-order chi connectivity index (χ0) is 22.1. The number of nitrogens with one attached hydrogen (secondary N) is 3. The molecule has 9 heteroatoms. The highest BCUT2D eigenvalue weighted by atomic mass is 19.3. The molecule has 0 aliphatic heterocycles. The minimum Gasteiger partial charge on any atom is -0.335 e. The van der Waals surface area contributed by atoms with E-state index in [9.17, 15) is 22.8 Å². The lowest BCUT2D eigenvalue weighted by Crippen LogP contribution is -2.52. The molecule has 0 aliphatic carbocycles. The van der Waals surface area contributed by atoms with Crippen LogP contribution < -0.4 is 10.8 Å². The highest BCUT2D eigenvalue weighted by molar-refractivity contribution is 6.11. The molecule has 0 fully saturated rings. The lowest BCUT2D eigenvalue weighted by molar-refractivity contribution is -0.129. The minimum atomic E-state index is -3.29. The SMILES string of the molecule is N=C(C(F)F)[C@H](NC(=O)c1ccc(C#CC#Cc2ccc(F)cc2)cc1)C(=O)NO. The molecule has 0 saturated carbocycles. The Balaban J connectivity index is 2.06. The predicted molar refractivity (Wildman–Crippen MR) is 102 cm³/mol. The van der Waals surface area contributed by atoms with Crippen LogP contribution in [0.5, 0.6) is 0 Å². The van der Waals surface area contributed by atoms with Crippen molar-refractivity contribution in [1.82, 2.24) is 10.8 Å². The molecule has 0 spiro atoms. The Hall–Kier alpha value is -4.08. The summed E-state index contributed by atoms with van der Waals surface area (Å²) in [6.07, 6.45) is -3.29. The van der Waals surface area contributed by atoms with Crippen LogP contribution in [0.15, 0.2) is 48.5 Å². The van der Waals surface area contributed by atoms with Crippen LogP contribution in [0.25, 0.3) is 0 Å². The molecule has 0 saturated heterocycles. The van der Waals surface area contributed by atoms with Gasteiger partial charge in [0, 0.05) is 16.7 Å². The van der Waals surface area contributed by atoms with E-state index in [-0.39, 0.29) is 11.4 Å². The maximum atomic E-state index is 12.8. The fraction of sp³-hybridized carbons (Fsp3) is 0.0952. The molecule has 0 heterocycles. The second-order valence-corrected chi connectivity index (χ2v) is 5.72. The van der Waals surface area contributed by atoms with Crippen molar-refractivity contribution < 1.29 is 28.0 Å². The van der Waals surface area contributed by atoms with Gasteiger partial charge < -0.3 is 10.7 Å². The predicted octanol–water partition coefficient (Wildman–Crippen LogP) is 2.12. The van der Waals surface area contributed by atoms with Crippen LogP contribution in [-0.2, 0) is 4.79 Å². The van der Waals surface area contributed by atoms with Gasteiger partial charge in [-0.3, -0.25) is 14.8 Å². The van der Waals surface area contributed by atoms with Crippen molar-refractivity contribution in [2.45, 2.75) is 12.5 Å². The molecule has 6 nitrogen and oxygen atoms in total. The monoisotopic (exact) mass is 413 g/mol. The van der Waals surface area contributed by atoms with Crippen molar-refractivity contribution in [2.24, 2.45) is 0 Å². The number of hydroxylamine groups is 1. The number of halogens is 3. The third kappa shape index (κ3) is 6.23. The Morgan fingerprint density at radius 2 is 1.43 bits per heavy atom. The Kier molecular flexibility index (Phi) is 7.74. The van der Waals surface area contributed by atoms with Gasteiger partial charge in [-0.2, -0.15) is 0 Å². The van der Waals surface area contributed by atoms with Crippen molar-refractivity contribution in [3.8, 4) is 23.7 Å². The number of amides is 2. The quantitative estimate of drug-likeness (QED) is 0.261.